The molecule has 26 heavy (non-hydrogen) atoms. The highest BCUT2D eigenvalue weighted by Gasteiger charge is 2.29. The Balaban J connectivity index is 1.74. The van der Waals surface area contributed by atoms with Gasteiger partial charge < -0.3 is 9.72 Å². The van der Waals surface area contributed by atoms with Crippen LogP contribution in [0.5, 0.6) is 5.19 Å². The zero-order chi connectivity index (χ0) is 18.5. The van der Waals surface area contributed by atoms with Crippen molar-refractivity contribution in [3.05, 3.63) is 34.7 Å². The molecule has 4 rings (SSSR count). The van der Waals surface area contributed by atoms with Crippen molar-refractivity contribution in [1.82, 2.24) is 24.7 Å². The van der Waals surface area contributed by atoms with E-state index >= 15 is 0 Å². The van der Waals surface area contributed by atoms with Crippen LogP contribution in [0, 0.1) is 0 Å². The van der Waals surface area contributed by atoms with E-state index in [1.165, 1.54) is 0 Å². The highest BCUT2D eigenvalue weighted by atomic mass is 32.1. The van der Waals surface area contributed by atoms with E-state index in [0.717, 1.165) is 22.2 Å². The van der Waals surface area contributed by atoms with Gasteiger partial charge in [-0.05, 0) is 12.1 Å². The van der Waals surface area contributed by atoms with E-state index in [4.69, 9.17) is 0 Å². The van der Waals surface area contributed by atoms with Crippen molar-refractivity contribution in [1.29, 1.82) is 0 Å². The molecule has 134 valence electrons. The highest BCUT2D eigenvalue weighted by Crippen LogP contribution is 2.28. The van der Waals surface area contributed by atoms with Crippen LogP contribution in [0.3, 0.4) is 0 Å². The second-order valence-electron chi connectivity index (χ2n) is 5.53. The van der Waals surface area contributed by atoms with Gasteiger partial charge in [0.25, 0.3) is 10.8 Å². The first-order valence-electron chi connectivity index (χ1n) is 7.33. The number of alkyl halides is 3. The minimum Gasteiger partial charge on any atom is -0.460 e. The number of aromatic amines is 1. The first kappa shape index (κ1) is 16.5. The minimum absolute atomic E-state index is 0.0865. The molecule has 4 aromatic rings. The molecule has 3 heterocycles. The molecule has 0 amide bonds. The van der Waals surface area contributed by atoms with Crippen LogP contribution < -0.4 is 10.3 Å². The third kappa shape index (κ3) is 3.12. The largest absolute Gasteiger partial charge is 0.460 e. The Morgan fingerprint density at radius 2 is 2.12 bits per heavy atom. The van der Waals surface area contributed by atoms with Crippen molar-refractivity contribution < 1.29 is 17.9 Å². The number of nitrogens with zero attached hydrogens (tertiary/aromatic N) is 4. The fraction of sp³-hybridized carbons (Fsp3) is 0.200. The van der Waals surface area contributed by atoms with E-state index in [1.54, 1.807) is 36.1 Å². The molecule has 1 aromatic carbocycles. The van der Waals surface area contributed by atoms with Crippen LogP contribution in [0.15, 0.2) is 29.2 Å². The number of nitrogens with one attached hydrogen (secondary N) is 1. The normalized spacial score (nSPS) is 12.2. The molecule has 0 spiro atoms. The zero-order valence-corrected chi connectivity index (χ0v) is 14.0. The number of ether oxygens (including phenoxy) is 1. The summed E-state index contributed by atoms with van der Waals surface area (Å²) in [4.78, 5) is 23.2. The minimum atomic E-state index is -4.47. The van der Waals surface area contributed by atoms with Gasteiger partial charge in [0, 0.05) is 24.2 Å². The molecule has 0 saturated heterocycles. The summed E-state index contributed by atoms with van der Waals surface area (Å²) in [5.41, 5.74) is 1.08. The van der Waals surface area contributed by atoms with Crippen LogP contribution >= 0.6 is 11.3 Å². The number of fused-ring (bicyclic) bond motifs is 2. The fourth-order valence-corrected chi connectivity index (χ4v) is 3.22. The van der Waals surface area contributed by atoms with Crippen molar-refractivity contribution in [2.24, 2.45) is 7.05 Å². The number of benzene rings is 1. The molecule has 0 aliphatic rings. The van der Waals surface area contributed by atoms with Gasteiger partial charge in [-0.3, -0.25) is 9.48 Å². The number of rotatable bonds is 3. The average molecular weight is 381 g/mol. The number of hydrogen-bond donors (Lipinski definition) is 1. The Hall–Kier alpha value is -2.95. The standard InChI is InChI=1S/C15H10F3N5O2S/c1-23-5-8-4-7(2-3-9(8)22-23)10-12(24)20-11-13(19-10)26-14(21-11)25-6-15(16,17)18/h2-5H,6H2,1H3,(H,20,24). The van der Waals surface area contributed by atoms with Gasteiger partial charge in [-0.15, -0.1) is 0 Å². The lowest BCUT2D eigenvalue weighted by Crippen LogP contribution is -2.19. The number of H-pyrrole nitrogens is 1. The molecular formula is C15H10F3N5O2S. The summed E-state index contributed by atoms with van der Waals surface area (Å²) >= 11 is 0.832. The number of hydrogen-bond acceptors (Lipinski definition) is 6. The van der Waals surface area contributed by atoms with Crippen LogP contribution in [0.25, 0.3) is 32.6 Å². The first-order chi connectivity index (χ1) is 12.3. The number of aryl methyl sites for hydroxylation is 1. The van der Waals surface area contributed by atoms with Gasteiger partial charge >= 0.3 is 6.18 Å². The number of aromatic nitrogens is 5. The molecule has 11 heteroatoms. The summed E-state index contributed by atoms with van der Waals surface area (Å²) < 4.78 is 43.0. The summed E-state index contributed by atoms with van der Waals surface area (Å²) in [5, 5.41) is 4.89. The third-order valence-corrected chi connectivity index (χ3v) is 4.36. The lowest BCUT2D eigenvalue weighted by atomic mass is 10.1. The van der Waals surface area contributed by atoms with E-state index in [-0.39, 0.29) is 21.4 Å². The lowest BCUT2D eigenvalue weighted by Gasteiger charge is -2.04. The second kappa shape index (κ2) is 5.80. The maximum atomic E-state index is 12.3. The molecule has 0 bridgehead atoms. The van der Waals surface area contributed by atoms with E-state index in [2.05, 4.69) is 24.8 Å². The van der Waals surface area contributed by atoms with Gasteiger partial charge in [0.15, 0.2) is 17.1 Å². The molecule has 7 nitrogen and oxygen atoms in total. The average Bonchev–Trinajstić information content (AvgIpc) is 3.12. The Labute approximate surface area is 147 Å². The van der Waals surface area contributed by atoms with E-state index in [9.17, 15) is 18.0 Å². The molecule has 0 saturated carbocycles. The highest BCUT2D eigenvalue weighted by molar-refractivity contribution is 7.19. The van der Waals surface area contributed by atoms with Crippen molar-refractivity contribution in [3.8, 4) is 16.5 Å². The van der Waals surface area contributed by atoms with Crippen LogP contribution in [0.4, 0.5) is 13.2 Å². The predicted octanol–water partition coefficient (Wildman–Crippen LogP) is 2.87. The summed E-state index contributed by atoms with van der Waals surface area (Å²) in [5.74, 6) is 0. The smallest absolute Gasteiger partial charge is 0.422 e. The Morgan fingerprint density at radius 1 is 1.31 bits per heavy atom. The van der Waals surface area contributed by atoms with Crippen LogP contribution in [-0.2, 0) is 7.05 Å². The SMILES string of the molecule is Cn1cc2cc(-c3nc4sc(OCC(F)(F)F)nc4[nH]c3=O)ccc2n1. The molecule has 0 unspecified atom stereocenters. The van der Waals surface area contributed by atoms with Crippen molar-refractivity contribution >= 4 is 32.7 Å². The van der Waals surface area contributed by atoms with Gasteiger partial charge in [0.2, 0.25) is 0 Å². The lowest BCUT2D eigenvalue weighted by molar-refractivity contribution is -0.153. The van der Waals surface area contributed by atoms with Crippen molar-refractivity contribution in [3.63, 3.8) is 0 Å². The van der Waals surface area contributed by atoms with E-state index < -0.39 is 18.3 Å². The van der Waals surface area contributed by atoms with Crippen LogP contribution in [0.2, 0.25) is 0 Å². The molecule has 0 aliphatic carbocycles. The molecule has 0 radical (unpaired) electrons. The molecule has 0 fully saturated rings. The fourth-order valence-electron chi connectivity index (χ4n) is 2.47. The van der Waals surface area contributed by atoms with Crippen molar-refractivity contribution in [2.75, 3.05) is 6.61 Å². The zero-order valence-electron chi connectivity index (χ0n) is 13.2. The summed E-state index contributed by atoms with van der Waals surface area (Å²) in [6.45, 7) is -1.46. The molecule has 0 atom stereocenters. The van der Waals surface area contributed by atoms with Crippen LogP contribution in [-0.4, -0.2) is 37.5 Å². The predicted molar refractivity (Wildman–Crippen MR) is 89.3 cm³/mol. The van der Waals surface area contributed by atoms with Gasteiger partial charge in [0.05, 0.1) is 5.52 Å². The maximum Gasteiger partial charge on any atom is 0.422 e. The van der Waals surface area contributed by atoms with Gasteiger partial charge in [-0.25, -0.2) is 4.98 Å². The van der Waals surface area contributed by atoms with Gasteiger partial charge in [0.1, 0.15) is 5.69 Å². The Bertz CT molecular complexity index is 1180. The third-order valence-electron chi connectivity index (χ3n) is 3.50. The quantitative estimate of drug-likeness (QED) is 0.590. The number of thiazole rings is 1. The van der Waals surface area contributed by atoms with E-state index in [1.807, 2.05) is 0 Å². The summed E-state index contributed by atoms with van der Waals surface area (Å²) in [7, 11) is 1.79. The molecule has 0 aliphatic heterocycles. The Kier molecular flexibility index (Phi) is 3.68. The van der Waals surface area contributed by atoms with Crippen LogP contribution in [0.1, 0.15) is 0 Å². The molecule has 1 N–H and O–H groups in total. The van der Waals surface area contributed by atoms with Crippen molar-refractivity contribution in [2.45, 2.75) is 6.18 Å². The topological polar surface area (TPSA) is 85.7 Å². The molecule has 3 aromatic heterocycles. The monoisotopic (exact) mass is 381 g/mol. The summed E-state index contributed by atoms with van der Waals surface area (Å²) in [6.07, 6.45) is -2.66. The molecular weight excluding hydrogens is 371 g/mol. The Morgan fingerprint density at radius 3 is 2.88 bits per heavy atom. The summed E-state index contributed by atoms with van der Waals surface area (Å²) in [6, 6.07) is 5.25. The first-order valence-corrected chi connectivity index (χ1v) is 8.14. The van der Waals surface area contributed by atoms with Gasteiger partial charge in [-0.2, -0.15) is 23.3 Å². The second-order valence-corrected chi connectivity index (χ2v) is 6.47. The number of halogens is 3. The van der Waals surface area contributed by atoms with E-state index in [0.29, 0.717) is 5.56 Å². The maximum absolute atomic E-state index is 12.3. The van der Waals surface area contributed by atoms with Gasteiger partial charge in [-0.1, -0.05) is 17.4 Å².